The average molecular weight is 415 g/mol. The molecule has 2 aromatic carbocycles. The van der Waals surface area contributed by atoms with E-state index in [0.29, 0.717) is 16.9 Å². The lowest BCUT2D eigenvalue weighted by Gasteiger charge is -2.27. The van der Waals surface area contributed by atoms with Gasteiger partial charge in [0.2, 0.25) is 0 Å². The summed E-state index contributed by atoms with van der Waals surface area (Å²) in [7, 11) is 1.76. The standard InChI is InChI=1S/C22H20F3N3O2/c1-28-19(15-10-12-17(13-11-15)30-22(23,24)25)18(14-8-5-9-14)20(27-28)26-21(29)16-6-3-2-4-7-16/h2-4,6-7,10-14H,5,8-9H2,1H3,(H,26,27,29). The van der Waals surface area contributed by atoms with E-state index in [1.54, 1.807) is 48.1 Å². The first-order valence-corrected chi connectivity index (χ1v) is 9.61. The first-order valence-electron chi connectivity index (χ1n) is 9.61. The van der Waals surface area contributed by atoms with Gasteiger partial charge in [0.15, 0.2) is 5.82 Å². The summed E-state index contributed by atoms with van der Waals surface area (Å²) in [5.74, 6) is 0.193. The van der Waals surface area contributed by atoms with Crippen LogP contribution in [0.2, 0.25) is 0 Å². The molecule has 0 unspecified atom stereocenters. The zero-order chi connectivity index (χ0) is 21.3. The van der Waals surface area contributed by atoms with E-state index >= 15 is 0 Å². The van der Waals surface area contributed by atoms with Crippen LogP contribution in [-0.4, -0.2) is 22.1 Å². The highest BCUT2D eigenvalue weighted by atomic mass is 19.4. The number of aryl methyl sites for hydroxylation is 1. The van der Waals surface area contributed by atoms with Gasteiger partial charge in [0.05, 0.1) is 5.69 Å². The molecule has 1 aliphatic rings. The van der Waals surface area contributed by atoms with Crippen LogP contribution in [0.3, 0.4) is 0 Å². The van der Waals surface area contributed by atoms with E-state index in [1.807, 2.05) is 6.07 Å². The molecule has 8 heteroatoms. The SMILES string of the molecule is Cn1nc(NC(=O)c2ccccc2)c(C2CCC2)c1-c1ccc(OC(F)(F)F)cc1. The lowest BCUT2D eigenvalue weighted by molar-refractivity contribution is -0.274. The van der Waals surface area contributed by atoms with Crippen molar-refractivity contribution in [3.8, 4) is 17.0 Å². The van der Waals surface area contributed by atoms with Gasteiger partial charge in [-0.25, -0.2) is 0 Å². The number of benzene rings is 2. The van der Waals surface area contributed by atoms with Crippen molar-refractivity contribution in [3.63, 3.8) is 0 Å². The van der Waals surface area contributed by atoms with E-state index in [-0.39, 0.29) is 17.6 Å². The maximum atomic E-state index is 12.6. The molecule has 156 valence electrons. The van der Waals surface area contributed by atoms with E-state index in [9.17, 15) is 18.0 Å². The van der Waals surface area contributed by atoms with Crippen LogP contribution >= 0.6 is 0 Å². The Kier molecular flexibility index (Phi) is 5.24. The minimum absolute atomic E-state index is 0.242. The molecule has 1 aromatic heterocycles. The van der Waals surface area contributed by atoms with Crippen molar-refractivity contribution in [3.05, 3.63) is 65.7 Å². The molecule has 1 amide bonds. The van der Waals surface area contributed by atoms with Crippen molar-refractivity contribution in [2.45, 2.75) is 31.5 Å². The minimum Gasteiger partial charge on any atom is -0.406 e. The number of ether oxygens (including phenoxy) is 1. The molecule has 0 saturated heterocycles. The third kappa shape index (κ3) is 4.17. The molecule has 1 fully saturated rings. The van der Waals surface area contributed by atoms with Crippen LogP contribution in [0.15, 0.2) is 54.6 Å². The normalized spacial score (nSPS) is 14.3. The van der Waals surface area contributed by atoms with Gasteiger partial charge in [-0.1, -0.05) is 24.6 Å². The van der Waals surface area contributed by atoms with E-state index < -0.39 is 6.36 Å². The Bertz CT molecular complexity index is 1040. The topological polar surface area (TPSA) is 56.2 Å². The average Bonchev–Trinajstić information content (AvgIpc) is 2.96. The fourth-order valence-electron chi connectivity index (χ4n) is 3.64. The number of hydrogen-bond acceptors (Lipinski definition) is 3. The predicted molar refractivity (Wildman–Crippen MR) is 106 cm³/mol. The van der Waals surface area contributed by atoms with Gasteiger partial charge in [-0.3, -0.25) is 9.48 Å². The largest absolute Gasteiger partial charge is 0.573 e. The lowest BCUT2D eigenvalue weighted by Crippen LogP contribution is -2.17. The van der Waals surface area contributed by atoms with Crippen LogP contribution < -0.4 is 10.1 Å². The third-order valence-electron chi connectivity index (χ3n) is 5.23. The molecular formula is C22H20F3N3O2. The van der Waals surface area contributed by atoms with Crippen LogP contribution in [0.5, 0.6) is 5.75 Å². The van der Waals surface area contributed by atoms with E-state index in [0.717, 1.165) is 30.5 Å². The molecule has 0 spiro atoms. The molecule has 1 N–H and O–H groups in total. The third-order valence-corrected chi connectivity index (χ3v) is 5.23. The Hall–Kier alpha value is -3.29. The molecule has 5 nitrogen and oxygen atoms in total. The Morgan fingerprint density at radius 2 is 1.77 bits per heavy atom. The van der Waals surface area contributed by atoms with Crippen LogP contribution in [0.4, 0.5) is 19.0 Å². The molecule has 1 aliphatic carbocycles. The zero-order valence-corrected chi connectivity index (χ0v) is 16.2. The zero-order valence-electron chi connectivity index (χ0n) is 16.2. The molecular weight excluding hydrogens is 395 g/mol. The van der Waals surface area contributed by atoms with Gasteiger partial charge in [-0.2, -0.15) is 5.10 Å². The number of nitrogens with zero attached hydrogens (tertiary/aromatic N) is 2. The van der Waals surface area contributed by atoms with Crippen LogP contribution in [0, 0.1) is 0 Å². The summed E-state index contributed by atoms with van der Waals surface area (Å²) in [6, 6.07) is 14.6. The van der Waals surface area contributed by atoms with Crippen molar-refractivity contribution >= 4 is 11.7 Å². The fourth-order valence-corrected chi connectivity index (χ4v) is 3.64. The summed E-state index contributed by atoms with van der Waals surface area (Å²) in [4.78, 5) is 12.6. The first kappa shape index (κ1) is 20.0. The Labute approximate surface area is 171 Å². The molecule has 0 atom stereocenters. The van der Waals surface area contributed by atoms with E-state index in [1.165, 1.54) is 12.1 Å². The van der Waals surface area contributed by atoms with Gasteiger partial charge in [-0.05, 0) is 55.2 Å². The summed E-state index contributed by atoms with van der Waals surface area (Å²) in [6.45, 7) is 0. The van der Waals surface area contributed by atoms with Crippen LogP contribution in [0.1, 0.15) is 41.1 Å². The van der Waals surface area contributed by atoms with E-state index in [2.05, 4.69) is 15.2 Å². The number of anilines is 1. The lowest BCUT2D eigenvalue weighted by atomic mass is 9.79. The summed E-state index contributed by atoms with van der Waals surface area (Å²) >= 11 is 0. The molecule has 1 saturated carbocycles. The van der Waals surface area contributed by atoms with Crippen LogP contribution in [-0.2, 0) is 7.05 Å². The maximum Gasteiger partial charge on any atom is 0.573 e. The molecule has 30 heavy (non-hydrogen) atoms. The van der Waals surface area contributed by atoms with Crippen molar-refractivity contribution in [1.82, 2.24) is 9.78 Å². The van der Waals surface area contributed by atoms with Gasteiger partial charge in [-0.15, -0.1) is 13.2 Å². The summed E-state index contributed by atoms with van der Waals surface area (Å²) in [6.07, 6.45) is -1.70. The predicted octanol–water partition coefficient (Wildman–Crippen LogP) is 5.51. The smallest absolute Gasteiger partial charge is 0.406 e. The Morgan fingerprint density at radius 1 is 1.10 bits per heavy atom. The quantitative estimate of drug-likeness (QED) is 0.598. The van der Waals surface area contributed by atoms with Gasteiger partial charge < -0.3 is 10.1 Å². The highest BCUT2D eigenvalue weighted by Crippen LogP contribution is 2.45. The van der Waals surface area contributed by atoms with E-state index in [4.69, 9.17) is 0 Å². The second-order valence-electron chi connectivity index (χ2n) is 7.25. The van der Waals surface area contributed by atoms with Crippen molar-refractivity contribution in [2.75, 3.05) is 5.32 Å². The number of nitrogens with one attached hydrogen (secondary N) is 1. The second kappa shape index (κ2) is 7.85. The molecule has 1 heterocycles. The van der Waals surface area contributed by atoms with Crippen molar-refractivity contribution in [1.29, 1.82) is 0 Å². The van der Waals surface area contributed by atoms with Crippen molar-refractivity contribution < 1.29 is 22.7 Å². The summed E-state index contributed by atoms with van der Waals surface area (Å²) in [5.41, 5.74) is 2.93. The summed E-state index contributed by atoms with van der Waals surface area (Å²) < 4.78 is 42.9. The molecule has 0 radical (unpaired) electrons. The minimum atomic E-state index is -4.74. The summed E-state index contributed by atoms with van der Waals surface area (Å²) in [5, 5.41) is 7.42. The maximum absolute atomic E-state index is 12.6. The highest BCUT2D eigenvalue weighted by molar-refractivity contribution is 6.04. The number of carbonyl (C=O) groups excluding carboxylic acids is 1. The second-order valence-corrected chi connectivity index (χ2v) is 7.25. The van der Waals surface area contributed by atoms with Crippen LogP contribution in [0.25, 0.3) is 11.3 Å². The van der Waals surface area contributed by atoms with Crippen molar-refractivity contribution in [2.24, 2.45) is 7.05 Å². The highest BCUT2D eigenvalue weighted by Gasteiger charge is 2.32. The van der Waals surface area contributed by atoms with Gasteiger partial charge in [0, 0.05) is 23.7 Å². The molecule has 4 rings (SSSR count). The first-order chi connectivity index (χ1) is 14.3. The van der Waals surface area contributed by atoms with Gasteiger partial charge in [0.1, 0.15) is 5.75 Å². The fraction of sp³-hybridized carbons (Fsp3) is 0.273. The Balaban J connectivity index is 1.67. The number of halogens is 3. The van der Waals surface area contributed by atoms with Gasteiger partial charge in [0.25, 0.3) is 5.91 Å². The molecule has 0 aliphatic heterocycles. The number of aromatic nitrogens is 2. The number of rotatable bonds is 5. The van der Waals surface area contributed by atoms with Gasteiger partial charge >= 0.3 is 6.36 Å². The Morgan fingerprint density at radius 3 is 2.33 bits per heavy atom. The molecule has 3 aromatic rings. The number of carbonyl (C=O) groups is 1. The monoisotopic (exact) mass is 415 g/mol. The number of alkyl halides is 3. The molecule has 0 bridgehead atoms. The number of hydrogen-bond donors (Lipinski definition) is 1. The number of amides is 1.